The molecule has 1 unspecified atom stereocenters. The number of carbonyl (C=O) groups is 1. The second kappa shape index (κ2) is 12.0. The Morgan fingerprint density at radius 2 is 1.45 bits per heavy atom. The van der Waals surface area contributed by atoms with E-state index in [2.05, 4.69) is 0 Å². The Kier molecular flexibility index (Phi) is 9.53. The van der Waals surface area contributed by atoms with E-state index in [1.54, 1.807) is 11.8 Å². The highest BCUT2D eigenvalue weighted by atomic mass is 19.4. The third-order valence-corrected chi connectivity index (χ3v) is 7.63. The Bertz CT molecular complexity index is 1160. The van der Waals surface area contributed by atoms with E-state index in [4.69, 9.17) is 0 Å². The van der Waals surface area contributed by atoms with Crippen LogP contribution in [0.4, 0.5) is 39.5 Å². The summed E-state index contributed by atoms with van der Waals surface area (Å²) in [4.78, 5) is 13.6. The van der Waals surface area contributed by atoms with Gasteiger partial charge in [-0.15, -0.1) is 0 Å². The fourth-order valence-corrected chi connectivity index (χ4v) is 5.75. The summed E-state index contributed by atoms with van der Waals surface area (Å²) in [6, 6.07) is 3.97. The van der Waals surface area contributed by atoms with Crippen molar-refractivity contribution in [3.05, 3.63) is 70.3 Å². The SMILES string of the molecule is CCC[C@H]1C[C@@H](C(CC)C(=O)O)C[C@H](c2ccc(C(F)(F)F)cc2)N1Cc1cc(C(F)(F)F)ccc1C(F)(F)F. The molecule has 40 heavy (non-hydrogen) atoms. The smallest absolute Gasteiger partial charge is 0.416 e. The van der Waals surface area contributed by atoms with Crippen molar-refractivity contribution in [3.63, 3.8) is 0 Å². The van der Waals surface area contributed by atoms with Crippen molar-refractivity contribution in [1.29, 1.82) is 0 Å². The summed E-state index contributed by atoms with van der Waals surface area (Å²) in [5.41, 5.74) is -3.71. The van der Waals surface area contributed by atoms with Gasteiger partial charge in [-0.3, -0.25) is 9.69 Å². The molecule has 1 heterocycles. The van der Waals surface area contributed by atoms with Crippen molar-refractivity contribution in [2.24, 2.45) is 11.8 Å². The van der Waals surface area contributed by atoms with Crippen LogP contribution in [0.5, 0.6) is 0 Å². The van der Waals surface area contributed by atoms with Gasteiger partial charge in [-0.05, 0) is 73.1 Å². The minimum absolute atomic E-state index is 0.108. The van der Waals surface area contributed by atoms with Gasteiger partial charge in [-0.2, -0.15) is 39.5 Å². The molecule has 12 heteroatoms. The van der Waals surface area contributed by atoms with E-state index < -0.39 is 77.2 Å². The molecule has 1 fully saturated rings. The van der Waals surface area contributed by atoms with Crippen molar-refractivity contribution in [3.8, 4) is 0 Å². The van der Waals surface area contributed by atoms with Gasteiger partial charge in [0.15, 0.2) is 0 Å². The fourth-order valence-electron chi connectivity index (χ4n) is 5.75. The molecular formula is C28H30F9NO2. The molecule has 3 rings (SSSR count). The third-order valence-electron chi connectivity index (χ3n) is 7.63. The highest BCUT2D eigenvalue weighted by Crippen LogP contribution is 2.45. The lowest BCUT2D eigenvalue weighted by molar-refractivity contribution is -0.146. The number of carboxylic acid groups (broad SMARTS) is 1. The topological polar surface area (TPSA) is 40.5 Å². The third kappa shape index (κ3) is 7.30. The zero-order valence-electron chi connectivity index (χ0n) is 21.8. The standard InChI is InChI=1S/C28H30F9NO2/c1-3-5-21-13-17(22(4-2)25(39)40)14-24(16-6-8-19(9-7-16)26(29,30)31)38(21)15-18-12-20(27(32,33)34)10-11-23(18)28(35,36)37/h6-12,17,21-22,24H,3-5,13-15H2,1-2H3,(H,39,40)/t17-,21+,22?,24-/m1/s1. The second-order valence-corrected chi connectivity index (χ2v) is 10.2. The largest absolute Gasteiger partial charge is 0.481 e. The maximum absolute atomic E-state index is 13.9. The number of carboxylic acids is 1. The first-order valence-corrected chi connectivity index (χ1v) is 12.9. The van der Waals surface area contributed by atoms with E-state index in [1.807, 2.05) is 6.92 Å². The Labute approximate surface area is 226 Å². The van der Waals surface area contributed by atoms with E-state index in [0.717, 1.165) is 12.1 Å². The molecule has 2 aromatic rings. The average molecular weight is 584 g/mol. The van der Waals surface area contributed by atoms with Crippen molar-refractivity contribution in [2.45, 2.75) is 83.1 Å². The molecule has 0 spiro atoms. The predicted molar refractivity (Wildman–Crippen MR) is 129 cm³/mol. The molecule has 1 saturated heterocycles. The molecule has 0 saturated carbocycles. The molecule has 0 bridgehead atoms. The number of hydrogen-bond acceptors (Lipinski definition) is 2. The summed E-state index contributed by atoms with van der Waals surface area (Å²) in [5, 5.41) is 9.79. The first-order valence-electron chi connectivity index (χ1n) is 12.9. The molecule has 1 N–H and O–H groups in total. The minimum atomic E-state index is -4.95. The molecule has 0 amide bonds. The maximum Gasteiger partial charge on any atom is 0.416 e. The number of halogens is 9. The lowest BCUT2D eigenvalue weighted by Gasteiger charge is -2.47. The zero-order chi connectivity index (χ0) is 30.0. The first kappa shape index (κ1) is 31.8. The van der Waals surface area contributed by atoms with E-state index >= 15 is 0 Å². The van der Waals surface area contributed by atoms with Gasteiger partial charge >= 0.3 is 24.5 Å². The highest BCUT2D eigenvalue weighted by Gasteiger charge is 2.43. The van der Waals surface area contributed by atoms with E-state index in [1.165, 1.54) is 12.1 Å². The van der Waals surface area contributed by atoms with Crippen LogP contribution < -0.4 is 0 Å². The first-order chi connectivity index (χ1) is 18.5. The lowest BCUT2D eigenvalue weighted by atomic mass is 9.74. The van der Waals surface area contributed by atoms with Crippen molar-refractivity contribution < 1.29 is 49.4 Å². The van der Waals surface area contributed by atoms with Crippen LogP contribution in [0.1, 0.15) is 79.8 Å². The van der Waals surface area contributed by atoms with Crippen LogP contribution >= 0.6 is 0 Å². The van der Waals surface area contributed by atoms with Crippen molar-refractivity contribution in [1.82, 2.24) is 4.90 Å². The van der Waals surface area contributed by atoms with Crippen LogP contribution in [-0.4, -0.2) is 22.0 Å². The number of alkyl halides is 9. The molecular weight excluding hydrogens is 553 g/mol. The fraction of sp³-hybridized carbons (Fsp3) is 0.536. The Hall–Kier alpha value is -2.76. The van der Waals surface area contributed by atoms with Crippen LogP contribution in [0.25, 0.3) is 0 Å². The van der Waals surface area contributed by atoms with Crippen LogP contribution in [0.2, 0.25) is 0 Å². The number of hydrogen-bond donors (Lipinski definition) is 1. The Morgan fingerprint density at radius 3 is 1.93 bits per heavy atom. The highest BCUT2D eigenvalue weighted by molar-refractivity contribution is 5.70. The molecule has 2 aromatic carbocycles. The summed E-state index contributed by atoms with van der Waals surface area (Å²) < 4.78 is 122. The monoisotopic (exact) mass is 583 g/mol. The molecule has 1 aliphatic rings. The van der Waals surface area contributed by atoms with E-state index in [9.17, 15) is 49.4 Å². The number of rotatable bonds is 8. The van der Waals surface area contributed by atoms with Crippen LogP contribution in [0.3, 0.4) is 0 Å². The zero-order valence-corrected chi connectivity index (χ0v) is 21.8. The summed E-state index contributed by atoms with van der Waals surface area (Å²) >= 11 is 0. The number of benzene rings is 2. The number of nitrogens with zero attached hydrogens (tertiary/aromatic N) is 1. The number of likely N-dealkylation sites (tertiary alicyclic amines) is 1. The van der Waals surface area contributed by atoms with Gasteiger partial charge in [0.05, 0.1) is 22.6 Å². The van der Waals surface area contributed by atoms with Gasteiger partial charge in [0.1, 0.15) is 0 Å². The quantitative estimate of drug-likeness (QED) is 0.316. The lowest BCUT2D eigenvalue weighted by Crippen LogP contribution is -2.46. The summed E-state index contributed by atoms with van der Waals surface area (Å²) in [7, 11) is 0. The predicted octanol–water partition coefficient (Wildman–Crippen LogP) is 8.98. The second-order valence-electron chi connectivity index (χ2n) is 10.2. The van der Waals surface area contributed by atoms with Gasteiger partial charge in [-0.1, -0.05) is 32.4 Å². The number of aliphatic carboxylic acids is 1. The molecule has 222 valence electrons. The molecule has 0 radical (unpaired) electrons. The molecule has 1 aliphatic heterocycles. The van der Waals surface area contributed by atoms with Gasteiger partial charge in [0.2, 0.25) is 0 Å². The van der Waals surface area contributed by atoms with Gasteiger partial charge in [0.25, 0.3) is 0 Å². The molecule has 0 aromatic heterocycles. The number of piperidine rings is 1. The Morgan fingerprint density at radius 1 is 0.875 bits per heavy atom. The average Bonchev–Trinajstić information content (AvgIpc) is 2.84. The van der Waals surface area contributed by atoms with E-state index in [-0.39, 0.29) is 19.3 Å². The molecule has 3 nitrogen and oxygen atoms in total. The van der Waals surface area contributed by atoms with E-state index in [0.29, 0.717) is 36.6 Å². The van der Waals surface area contributed by atoms with Crippen molar-refractivity contribution in [2.75, 3.05) is 0 Å². The van der Waals surface area contributed by atoms with Crippen LogP contribution in [-0.2, 0) is 29.9 Å². The Balaban J connectivity index is 2.15. The summed E-state index contributed by atoms with van der Waals surface area (Å²) in [5.74, 6) is -2.29. The minimum Gasteiger partial charge on any atom is -0.481 e. The van der Waals surface area contributed by atoms with Crippen LogP contribution in [0, 0.1) is 11.8 Å². The van der Waals surface area contributed by atoms with Crippen LogP contribution in [0.15, 0.2) is 42.5 Å². The van der Waals surface area contributed by atoms with Gasteiger partial charge in [0, 0.05) is 18.6 Å². The van der Waals surface area contributed by atoms with Gasteiger partial charge in [-0.25, -0.2) is 0 Å². The van der Waals surface area contributed by atoms with Gasteiger partial charge < -0.3 is 5.11 Å². The maximum atomic E-state index is 13.9. The molecule has 4 atom stereocenters. The normalized spacial score (nSPS) is 21.8. The summed E-state index contributed by atoms with van der Waals surface area (Å²) in [6.07, 6.45) is -12.9. The molecule has 0 aliphatic carbocycles. The summed E-state index contributed by atoms with van der Waals surface area (Å²) in [6.45, 7) is 2.95. The van der Waals surface area contributed by atoms with Crippen molar-refractivity contribution >= 4 is 5.97 Å².